The van der Waals surface area contributed by atoms with E-state index in [2.05, 4.69) is 12.2 Å². The second-order valence-electron chi connectivity index (χ2n) is 5.52. The molecule has 0 spiro atoms. The highest BCUT2D eigenvalue weighted by Gasteiger charge is 2.30. The monoisotopic (exact) mass is 316 g/mol. The van der Waals surface area contributed by atoms with Gasteiger partial charge < -0.3 is 9.73 Å². The molecule has 0 amide bonds. The average Bonchev–Trinajstić information content (AvgIpc) is 2.77. The molecule has 0 bridgehead atoms. The van der Waals surface area contributed by atoms with Crippen molar-refractivity contribution in [2.75, 3.05) is 13.1 Å². The summed E-state index contributed by atoms with van der Waals surface area (Å²) in [5, 5.41) is 3.22. The lowest BCUT2D eigenvalue weighted by molar-refractivity contribution is 0.353. The van der Waals surface area contributed by atoms with Crippen LogP contribution in [-0.2, 0) is 16.6 Å². The van der Waals surface area contributed by atoms with Crippen molar-refractivity contribution < 1.29 is 12.8 Å². The summed E-state index contributed by atoms with van der Waals surface area (Å²) in [4.78, 5) is 0.290. The zero-order valence-electron chi connectivity index (χ0n) is 13.8. The second kappa shape index (κ2) is 7.96. The van der Waals surface area contributed by atoms with E-state index in [9.17, 15) is 8.42 Å². The van der Waals surface area contributed by atoms with Crippen LogP contribution in [0.4, 0.5) is 0 Å². The zero-order valence-corrected chi connectivity index (χ0v) is 14.6. The van der Waals surface area contributed by atoms with Gasteiger partial charge in [0.1, 0.15) is 16.4 Å². The third-order valence-electron chi connectivity index (χ3n) is 3.26. The van der Waals surface area contributed by atoms with E-state index in [0.717, 1.165) is 19.4 Å². The Kier molecular flexibility index (Phi) is 6.90. The molecular formula is C15H28N2O3S. The van der Waals surface area contributed by atoms with Crippen LogP contribution >= 0.6 is 0 Å². The van der Waals surface area contributed by atoms with Gasteiger partial charge in [-0.25, -0.2) is 8.42 Å². The fourth-order valence-corrected chi connectivity index (χ4v) is 4.17. The predicted molar refractivity (Wildman–Crippen MR) is 84.8 cm³/mol. The second-order valence-corrected chi connectivity index (χ2v) is 7.38. The van der Waals surface area contributed by atoms with Crippen molar-refractivity contribution >= 4 is 10.0 Å². The fraction of sp³-hybridized carbons (Fsp3) is 0.733. The highest BCUT2D eigenvalue weighted by molar-refractivity contribution is 7.89. The van der Waals surface area contributed by atoms with Crippen LogP contribution in [0.25, 0.3) is 0 Å². The minimum Gasteiger partial charge on any atom is -0.464 e. The molecule has 0 saturated heterocycles. The van der Waals surface area contributed by atoms with Crippen LogP contribution < -0.4 is 5.32 Å². The van der Waals surface area contributed by atoms with Gasteiger partial charge in [-0.1, -0.05) is 13.8 Å². The predicted octanol–water partition coefficient (Wildman–Crippen LogP) is 2.90. The van der Waals surface area contributed by atoms with Crippen molar-refractivity contribution in [3.05, 3.63) is 17.6 Å². The van der Waals surface area contributed by atoms with Crippen molar-refractivity contribution in [1.29, 1.82) is 0 Å². The SMILES string of the molecule is CCCNCc1cc(S(=O)(=O)N(CCC)C(C)C)c(C)o1. The van der Waals surface area contributed by atoms with E-state index in [-0.39, 0.29) is 10.9 Å². The Morgan fingerprint density at radius 1 is 1.29 bits per heavy atom. The Labute approximate surface area is 128 Å². The first-order valence-corrected chi connectivity index (χ1v) is 9.10. The van der Waals surface area contributed by atoms with Gasteiger partial charge in [-0.3, -0.25) is 0 Å². The number of sulfonamides is 1. The largest absolute Gasteiger partial charge is 0.464 e. The highest BCUT2D eigenvalue weighted by Crippen LogP contribution is 2.25. The van der Waals surface area contributed by atoms with Crippen molar-refractivity contribution in [1.82, 2.24) is 9.62 Å². The third-order valence-corrected chi connectivity index (χ3v) is 5.44. The minimum atomic E-state index is -3.49. The molecule has 0 unspecified atom stereocenters. The number of nitrogens with one attached hydrogen (secondary N) is 1. The summed E-state index contributed by atoms with van der Waals surface area (Å²) in [5.41, 5.74) is 0. The van der Waals surface area contributed by atoms with Crippen molar-refractivity contribution in [2.45, 2.75) is 64.9 Å². The standard InChI is InChI=1S/C15H28N2O3S/c1-6-8-16-11-14-10-15(13(5)20-14)21(18,19)17(9-7-2)12(3)4/h10,12,16H,6-9,11H2,1-5H3. The van der Waals surface area contributed by atoms with E-state index in [1.165, 1.54) is 4.31 Å². The number of aryl methyl sites for hydroxylation is 1. The van der Waals surface area contributed by atoms with Crippen LogP contribution in [0, 0.1) is 6.92 Å². The van der Waals surface area contributed by atoms with Crippen molar-refractivity contribution in [2.24, 2.45) is 0 Å². The summed E-state index contributed by atoms with van der Waals surface area (Å²) in [6.45, 7) is 11.5. The Balaban J connectivity index is 3.02. The molecule has 0 fully saturated rings. The first kappa shape index (κ1) is 18.2. The molecule has 1 heterocycles. The molecule has 21 heavy (non-hydrogen) atoms. The first-order valence-electron chi connectivity index (χ1n) is 7.66. The molecular weight excluding hydrogens is 288 g/mol. The van der Waals surface area contributed by atoms with Gasteiger partial charge in [0.25, 0.3) is 0 Å². The molecule has 0 atom stereocenters. The molecule has 0 aliphatic heterocycles. The minimum absolute atomic E-state index is 0.0640. The van der Waals surface area contributed by atoms with E-state index in [0.29, 0.717) is 24.6 Å². The van der Waals surface area contributed by atoms with Crippen LogP contribution in [0.5, 0.6) is 0 Å². The Morgan fingerprint density at radius 3 is 2.48 bits per heavy atom. The maximum absolute atomic E-state index is 12.8. The summed E-state index contributed by atoms with van der Waals surface area (Å²) in [7, 11) is -3.49. The van der Waals surface area contributed by atoms with Crippen molar-refractivity contribution in [3.63, 3.8) is 0 Å². The lowest BCUT2D eigenvalue weighted by atomic mass is 10.4. The summed E-state index contributed by atoms with van der Waals surface area (Å²) in [6.07, 6.45) is 1.82. The molecule has 122 valence electrons. The number of nitrogens with zero attached hydrogens (tertiary/aromatic N) is 1. The quantitative estimate of drug-likeness (QED) is 0.712. The van der Waals surface area contributed by atoms with Gasteiger partial charge in [0.05, 0.1) is 6.54 Å². The molecule has 5 nitrogen and oxygen atoms in total. The van der Waals surface area contributed by atoms with Gasteiger partial charge in [-0.15, -0.1) is 0 Å². The van der Waals surface area contributed by atoms with Gasteiger partial charge in [0.2, 0.25) is 10.0 Å². The molecule has 1 aromatic heterocycles. The fourth-order valence-electron chi connectivity index (χ4n) is 2.26. The van der Waals surface area contributed by atoms with Crippen LogP contribution in [0.3, 0.4) is 0 Å². The lowest BCUT2D eigenvalue weighted by Gasteiger charge is -2.24. The van der Waals surface area contributed by atoms with Crippen LogP contribution in [-0.4, -0.2) is 31.9 Å². The number of rotatable bonds is 9. The van der Waals surface area contributed by atoms with E-state index in [1.807, 2.05) is 20.8 Å². The number of hydrogen-bond acceptors (Lipinski definition) is 4. The first-order chi connectivity index (χ1) is 9.84. The van der Waals surface area contributed by atoms with Gasteiger partial charge in [0.15, 0.2) is 0 Å². The van der Waals surface area contributed by atoms with Crippen LogP contribution in [0.1, 0.15) is 52.1 Å². The van der Waals surface area contributed by atoms with E-state index in [1.54, 1.807) is 13.0 Å². The maximum Gasteiger partial charge on any atom is 0.246 e. The Bertz CT molecular complexity index is 535. The Morgan fingerprint density at radius 2 is 1.95 bits per heavy atom. The van der Waals surface area contributed by atoms with Gasteiger partial charge >= 0.3 is 0 Å². The highest BCUT2D eigenvalue weighted by atomic mass is 32.2. The molecule has 0 aliphatic rings. The number of hydrogen-bond donors (Lipinski definition) is 1. The maximum atomic E-state index is 12.8. The molecule has 6 heteroatoms. The molecule has 0 saturated carbocycles. The van der Waals surface area contributed by atoms with E-state index in [4.69, 9.17) is 4.42 Å². The molecule has 1 N–H and O–H groups in total. The van der Waals surface area contributed by atoms with Gasteiger partial charge in [0, 0.05) is 18.7 Å². The lowest BCUT2D eigenvalue weighted by Crippen LogP contribution is -2.37. The van der Waals surface area contributed by atoms with E-state index < -0.39 is 10.0 Å². The molecule has 1 rings (SSSR count). The summed E-state index contributed by atoms with van der Waals surface area (Å²) in [5.74, 6) is 1.13. The topological polar surface area (TPSA) is 62.6 Å². The normalized spacial score (nSPS) is 12.5. The van der Waals surface area contributed by atoms with Gasteiger partial charge in [-0.2, -0.15) is 4.31 Å². The smallest absolute Gasteiger partial charge is 0.246 e. The van der Waals surface area contributed by atoms with Crippen LogP contribution in [0.15, 0.2) is 15.4 Å². The summed E-state index contributed by atoms with van der Waals surface area (Å²) < 4.78 is 32.7. The Hall–Kier alpha value is -0.850. The summed E-state index contributed by atoms with van der Waals surface area (Å²) >= 11 is 0. The summed E-state index contributed by atoms with van der Waals surface area (Å²) in [6, 6.07) is 1.59. The van der Waals surface area contributed by atoms with Gasteiger partial charge in [-0.05, 0) is 40.2 Å². The van der Waals surface area contributed by atoms with Crippen molar-refractivity contribution in [3.8, 4) is 0 Å². The zero-order chi connectivity index (χ0) is 16.0. The molecule has 0 aromatic carbocycles. The molecule has 0 aliphatic carbocycles. The molecule has 1 aromatic rings. The van der Waals surface area contributed by atoms with Crippen LogP contribution in [0.2, 0.25) is 0 Å². The van der Waals surface area contributed by atoms with E-state index >= 15 is 0 Å². The molecule has 0 radical (unpaired) electrons. The number of furan rings is 1. The third kappa shape index (κ3) is 4.56. The average molecular weight is 316 g/mol.